The summed E-state index contributed by atoms with van der Waals surface area (Å²) in [5.74, 6) is -0.155. The molecule has 0 aromatic heterocycles. The molecule has 0 saturated heterocycles. The highest BCUT2D eigenvalue weighted by atomic mass is 19.4. The van der Waals surface area contributed by atoms with Crippen LogP contribution in [0.25, 0.3) is 0 Å². The molecule has 0 aliphatic heterocycles. The molecule has 0 amide bonds. The van der Waals surface area contributed by atoms with Gasteiger partial charge in [0.1, 0.15) is 0 Å². The zero-order valence-electron chi connectivity index (χ0n) is 9.11. The van der Waals surface area contributed by atoms with Crippen molar-refractivity contribution < 1.29 is 18.0 Å². The van der Waals surface area contributed by atoms with Crippen LogP contribution in [0.4, 0.5) is 13.2 Å². The fourth-order valence-corrected chi connectivity index (χ4v) is 1.17. The molecule has 0 unspecified atom stereocenters. The van der Waals surface area contributed by atoms with Gasteiger partial charge in [-0.2, -0.15) is 13.2 Å². The number of rotatable bonds is 1. The van der Waals surface area contributed by atoms with E-state index in [1.165, 1.54) is 13.0 Å². The molecule has 4 heteroatoms. The van der Waals surface area contributed by atoms with E-state index in [0.29, 0.717) is 5.57 Å². The van der Waals surface area contributed by atoms with Crippen molar-refractivity contribution in [2.45, 2.75) is 39.8 Å². The van der Waals surface area contributed by atoms with Crippen molar-refractivity contribution in [3.8, 4) is 0 Å². The molecule has 0 radical (unpaired) electrons. The third-order valence-electron chi connectivity index (χ3n) is 1.97. The number of allylic oxidation sites excluding steroid dienone is 4. The average Bonchev–Trinajstić information content (AvgIpc) is 2.20. The molecule has 0 aromatic carbocycles. The second-order valence-corrected chi connectivity index (χ2v) is 2.94. The van der Waals surface area contributed by atoms with Crippen molar-refractivity contribution in [3.05, 3.63) is 23.3 Å². The van der Waals surface area contributed by atoms with E-state index < -0.39 is 11.7 Å². The lowest BCUT2D eigenvalue weighted by Gasteiger charge is -2.15. The van der Waals surface area contributed by atoms with Crippen LogP contribution < -0.4 is 0 Å². The first-order valence-corrected chi connectivity index (χ1v) is 4.89. The monoisotopic (exact) mass is 220 g/mol. The summed E-state index contributed by atoms with van der Waals surface area (Å²) in [6.07, 6.45) is -1.90. The number of hydrogen-bond acceptors (Lipinski definition) is 1. The molecule has 0 fully saturated rings. The Bertz CT molecular complexity index is 285. The predicted molar refractivity (Wildman–Crippen MR) is 53.5 cm³/mol. The number of carbonyl (C=O) groups excluding carboxylic acids is 1. The third kappa shape index (κ3) is 4.32. The molecule has 1 aliphatic rings. The van der Waals surface area contributed by atoms with Crippen molar-refractivity contribution in [2.24, 2.45) is 0 Å². The Hall–Kier alpha value is -1.06. The summed E-state index contributed by atoms with van der Waals surface area (Å²) in [4.78, 5) is 10.8. The molecular weight excluding hydrogens is 205 g/mol. The van der Waals surface area contributed by atoms with E-state index in [1.54, 1.807) is 0 Å². The molecule has 15 heavy (non-hydrogen) atoms. The van der Waals surface area contributed by atoms with Crippen molar-refractivity contribution in [1.82, 2.24) is 0 Å². The summed E-state index contributed by atoms with van der Waals surface area (Å²) < 4.78 is 36.3. The molecular formula is C11H15F3O. The summed E-state index contributed by atoms with van der Waals surface area (Å²) in [5.41, 5.74) is -0.0921. The molecule has 1 nitrogen and oxygen atoms in total. The van der Waals surface area contributed by atoms with Gasteiger partial charge in [-0.1, -0.05) is 26.0 Å². The van der Waals surface area contributed by atoms with E-state index in [-0.39, 0.29) is 18.6 Å². The van der Waals surface area contributed by atoms with Gasteiger partial charge in [-0.15, -0.1) is 0 Å². The minimum atomic E-state index is -4.25. The second-order valence-electron chi connectivity index (χ2n) is 2.94. The first-order valence-electron chi connectivity index (χ1n) is 4.89. The number of hydrogen-bond donors (Lipinski definition) is 0. The smallest absolute Gasteiger partial charge is 0.295 e. The standard InChI is InChI=1S/C9H9F3O.C2H6/c1-6(13)7-2-4-8(5-3-7)9(10,11)12;1-2/h2,4H,3,5H2,1H3;1-2H3. The maximum absolute atomic E-state index is 12.1. The summed E-state index contributed by atoms with van der Waals surface area (Å²) in [6.45, 7) is 5.36. The third-order valence-corrected chi connectivity index (χ3v) is 1.97. The molecule has 0 saturated carbocycles. The number of alkyl halides is 3. The van der Waals surface area contributed by atoms with Crippen LogP contribution in [0.2, 0.25) is 0 Å². The Balaban J connectivity index is 0.000000921. The zero-order valence-corrected chi connectivity index (χ0v) is 9.11. The number of carbonyl (C=O) groups is 1. The van der Waals surface area contributed by atoms with Gasteiger partial charge in [0.2, 0.25) is 0 Å². The van der Waals surface area contributed by atoms with Crippen molar-refractivity contribution in [2.75, 3.05) is 0 Å². The quantitative estimate of drug-likeness (QED) is 0.656. The van der Waals surface area contributed by atoms with E-state index in [0.717, 1.165) is 6.08 Å². The van der Waals surface area contributed by atoms with Gasteiger partial charge in [0.15, 0.2) is 5.78 Å². The van der Waals surface area contributed by atoms with Crippen molar-refractivity contribution in [3.63, 3.8) is 0 Å². The van der Waals surface area contributed by atoms with E-state index in [4.69, 9.17) is 0 Å². The molecule has 0 atom stereocenters. The highest BCUT2D eigenvalue weighted by molar-refractivity contribution is 5.93. The van der Waals surface area contributed by atoms with Crippen molar-refractivity contribution in [1.29, 1.82) is 0 Å². The van der Waals surface area contributed by atoms with E-state index in [1.807, 2.05) is 13.8 Å². The molecule has 1 rings (SSSR count). The fourth-order valence-electron chi connectivity index (χ4n) is 1.17. The summed E-state index contributed by atoms with van der Waals surface area (Å²) >= 11 is 0. The summed E-state index contributed by atoms with van der Waals surface area (Å²) in [5, 5.41) is 0. The van der Waals surface area contributed by atoms with Crippen LogP contribution >= 0.6 is 0 Å². The normalized spacial score (nSPS) is 15.9. The lowest BCUT2D eigenvalue weighted by Crippen LogP contribution is -2.14. The molecule has 0 bridgehead atoms. The zero-order chi connectivity index (χ0) is 12.1. The first-order chi connectivity index (χ1) is 6.91. The highest BCUT2D eigenvalue weighted by Crippen LogP contribution is 2.32. The van der Waals surface area contributed by atoms with Crippen LogP contribution in [0.15, 0.2) is 23.3 Å². The van der Waals surface area contributed by atoms with Crippen LogP contribution in [0.5, 0.6) is 0 Å². The molecule has 86 valence electrons. The highest BCUT2D eigenvalue weighted by Gasteiger charge is 2.33. The minimum Gasteiger partial charge on any atom is -0.295 e. The summed E-state index contributed by atoms with van der Waals surface area (Å²) in [7, 11) is 0. The van der Waals surface area contributed by atoms with Crippen LogP contribution in [-0.2, 0) is 4.79 Å². The molecule has 0 spiro atoms. The second kappa shape index (κ2) is 5.73. The summed E-state index contributed by atoms with van der Waals surface area (Å²) in [6, 6.07) is 0. The maximum atomic E-state index is 12.1. The van der Waals surface area contributed by atoms with Gasteiger partial charge in [0.05, 0.1) is 0 Å². The van der Waals surface area contributed by atoms with Crippen molar-refractivity contribution >= 4 is 5.78 Å². The van der Waals surface area contributed by atoms with E-state index >= 15 is 0 Å². The van der Waals surface area contributed by atoms with Crippen LogP contribution in [0.3, 0.4) is 0 Å². The van der Waals surface area contributed by atoms with Gasteiger partial charge in [-0.3, -0.25) is 4.79 Å². The van der Waals surface area contributed by atoms with Gasteiger partial charge in [-0.25, -0.2) is 0 Å². The van der Waals surface area contributed by atoms with Gasteiger partial charge in [0, 0.05) is 5.57 Å². The predicted octanol–water partition coefficient (Wildman–Crippen LogP) is 3.81. The van der Waals surface area contributed by atoms with E-state index in [2.05, 4.69) is 0 Å². The largest absolute Gasteiger partial charge is 0.412 e. The van der Waals surface area contributed by atoms with Gasteiger partial charge < -0.3 is 0 Å². The molecule has 0 heterocycles. The number of ketones is 1. The lowest BCUT2D eigenvalue weighted by atomic mass is 9.96. The average molecular weight is 220 g/mol. The lowest BCUT2D eigenvalue weighted by molar-refractivity contribution is -0.114. The Morgan fingerprint density at radius 1 is 1.20 bits per heavy atom. The van der Waals surface area contributed by atoms with Crippen LogP contribution in [-0.4, -0.2) is 12.0 Å². The first kappa shape index (κ1) is 13.9. The Kier molecular flexibility index (Phi) is 5.33. The minimum absolute atomic E-state index is 0.0884. The maximum Gasteiger partial charge on any atom is 0.412 e. The fraction of sp³-hybridized carbons (Fsp3) is 0.545. The molecule has 1 aliphatic carbocycles. The van der Waals surface area contributed by atoms with Gasteiger partial charge in [0.25, 0.3) is 0 Å². The number of Topliss-reactive ketones (excluding diaryl/α,β-unsaturated/α-hetero) is 1. The SMILES string of the molecule is CC.CC(=O)C1=CC=C(C(F)(F)F)CC1. The van der Waals surface area contributed by atoms with Gasteiger partial charge >= 0.3 is 6.18 Å². The Labute approximate surface area is 87.7 Å². The van der Waals surface area contributed by atoms with Gasteiger partial charge in [-0.05, 0) is 25.3 Å². The number of halogens is 3. The van der Waals surface area contributed by atoms with E-state index in [9.17, 15) is 18.0 Å². The Morgan fingerprint density at radius 3 is 2.00 bits per heavy atom. The van der Waals surface area contributed by atoms with Crippen LogP contribution in [0.1, 0.15) is 33.6 Å². The molecule has 0 aromatic rings. The Morgan fingerprint density at radius 2 is 1.73 bits per heavy atom. The topological polar surface area (TPSA) is 17.1 Å². The molecule has 0 N–H and O–H groups in total. The van der Waals surface area contributed by atoms with Crippen LogP contribution in [0, 0.1) is 0 Å².